The number of ether oxygens (including phenoxy) is 1. The fraction of sp³-hybridized carbons (Fsp3) is 0.457. The second-order valence-corrected chi connectivity index (χ2v) is 17.3. The number of anilines is 5. The van der Waals surface area contributed by atoms with Gasteiger partial charge >= 0.3 is 12.1 Å². The number of carboxylic acid groups (broad SMARTS) is 1. The molecule has 1 aromatic carbocycles. The van der Waals surface area contributed by atoms with Crippen molar-refractivity contribution in [2.45, 2.75) is 38.4 Å². The molecule has 0 spiro atoms. The van der Waals surface area contributed by atoms with Gasteiger partial charge in [-0.2, -0.15) is 23.1 Å². The molecule has 18 heteroatoms. The number of rotatable bonds is 9. The monoisotopic (exact) mass is 821 g/mol. The highest BCUT2D eigenvalue weighted by atomic mass is 79.9. The number of hydrogen-bond acceptors (Lipinski definition) is 12. The molecule has 3 aromatic heterocycles. The normalized spacial score (nSPS) is 16.2. The first-order valence-corrected chi connectivity index (χ1v) is 20.5. The van der Waals surface area contributed by atoms with E-state index in [1.54, 1.807) is 32.8 Å². The van der Waals surface area contributed by atoms with Crippen LogP contribution >= 0.6 is 23.1 Å². The van der Waals surface area contributed by atoms with Crippen LogP contribution in [0.5, 0.6) is 5.88 Å². The summed E-state index contributed by atoms with van der Waals surface area (Å²) in [6, 6.07) is 10.5. The van der Waals surface area contributed by atoms with E-state index in [1.165, 1.54) is 0 Å². The number of aromatic nitrogens is 4. The molecule has 3 N–H and O–H groups in total. The minimum atomic E-state index is -5.08. The lowest BCUT2D eigenvalue weighted by molar-refractivity contribution is -0.192. The molecule has 6 rings (SSSR count). The van der Waals surface area contributed by atoms with Crippen LogP contribution in [0.15, 0.2) is 47.2 Å². The fourth-order valence-corrected chi connectivity index (χ4v) is 8.25. The number of carboxylic acids is 1. The smallest absolute Gasteiger partial charge is 0.479 e. The van der Waals surface area contributed by atoms with Crippen LogP contribution in [0.4, 0.5) is 42.1 Å². The summed E-state index contributed by atoms with van der Waals surface area (Å²) in [4.78, 5) is 35.3. The third-order valence-electron chi connectivity index (χ3n) is 9.21. The third-order valence-corrected chi connectivity index (χ3v) is 11.3. The van der Waals surface area contributed by atoms with Crippen molar-refractivity contribution in [3.05, 3.63) is 52.8 Å². The summed E-state index contributed by atoms with van der Waals surface area (Å²) >= 11 is 3.58. The van der Waals surface area contributed by atoms with E-state index in [-0.39, 0.29) is 0 Å². The predicted molar refractivity (Wildman–Crippen MR) is 205 cm³/mol. The first-order chi connectivity index (χ1) is 25.1. The Labute approximate surface area is 314 Å². The maximum absolute atomic E-state index is 13.5. The number of nitrogens with one attached hydrogen (secondary N) is 2. The van der Waals surface area contributed by atoms with E-state index < -0.39 is 19.3 Å². The van der Waals surface area contributed by atoms with Gasteiger partial charge in [0.2, 0.25) is 11.8 Å². The number of fused-ring (bicyclic) bond motifs is 1. The maximum Gasteiger partial charge on any atom is 0.490 e. The van der Waals surface area contributed by atoms with E-state index in [9.17, 15) is 17.7 Å². The summed E-state index contributed by atoms with van der Waals surface area (Å²) in [7, 11) is 1.17. The van der Waals surface area contributed by atoms with E-state index in [1.807, 2.05) is 24.3 Å². The molecule has 0 atom stereocenters. The van der Waals surface area contributed by atoms with Crippen LogP contribution in [-0.4, -0.2) is 120 Å². The number of pyridine rings is 2. The Balaban J connectivity index is 0.000000705. The Morgan fingerprint density at radius 1 is 1.02 bits per heavy atom. The molecule has 0 bridgehead atoms. The van der Waals surface area contributed by atoms with Crippen molar-refractivity contribution >= 4 is 74.2 Å². The molecule has 5 heterocycles. The standard InChI is InChI=1S/C33H43BrN9O2P.C2HF3O2/c1-6-22-19-27(32(45-3)40-31(22)43-13-11-23(12-14-43)42-17-15-41(2)16-18-42)38-33-36-20-25(34)30(39-33)37-28-21-35-26-10-8-7-9-24(26)29(28)46(4,5)44;3-2(4,5)1(6)7/h7-10,19-21,23H,6,11-18H2,1-5H3,(H2,36,37,38,39);(H,6,7). The Morgan fingerprint density at radius 2 is 1.68 bits per heavy atom. The zero-order valence-electron chi connectivity index (χ0n) is 30.2. The molecule has 0 amide bonds. The Morgan fingerprint density at radius 3 is 2.28 bits per heavy atom. The van der Waals surface area contributed by atoms with Gasteiger partial charge in [0, 0.05) is 62.2 Å². The number of hydrogen-bond donors (Lipinski definition) is 3. The highest BCUT2D eigenvalue weighted by molar-refractivity contribution is 9.10. The van der Waals surface area contributed by atoms with Crippen LogP contribution in [0.2, 0.25) is 0 Å². The average molecular weight is 823 g/mol. The van der Waals surface area contributed by atoms with Gasteiger partial charge in [0.1, 0.15) is 24.5 Å². The van der Waals surface area contributed by atoms with Gasteiger partial charge in [-0.05, 0) is 73.3 Å². The number of carbonyl (C=O) groups is 1. The minimum Gasteiger partial charge on any atom is -0.479 e. The Bertz CT molecular complexity index is 1970. The van der Waals surface area contributed by atoms with Gasteiger partial charge in [0.05, 0.1) is 29.0 Å². The molecule has 0 unspecified atom stereocenters. The summed E-state index contributed by atoms with van der Waals surface area (Å²) in [6.45, 7) is 12.3. The van der Waals surface area contributed by atoms with E-state index in [2.05, 4.69) is 71.3 Å². The van der Waals surface area contributed by atoms with Crippen LogP contribution in [0.1, 0.15) is 25.3 Å². The maximum atomic E-state index is 13.5. The van der Waals surface area contributed by atoms with Gasteiger partial charge in [-0.3, -0.25) is 9.88 Å². The highest BCUT2D eigenvalue weighted by Gasteiger charge is 2.38. The number of piperidine rings is 1. The van der Waals surface area contributed by atoms with Crippen LogP contribution in [0.25, 0.3) is 10.9 Å². The van der Waals surface area contributed by atoms with Gasteiger partial charge in [-0.15, -0.1) is 0 Å². The number of nitrogens with zero attached hydrogens (tertiary/aromatic N) is 7. The van der Waals surface area contributed by atoms with Crippen LogP contribution < -0.4 is 25.6 Å². The van der Waals surface area contributed by atoms with Crippen LogP contribution in [0.3, 0.4) is 0 Å². The zero-order chi connectivity index (χ0) is 38.5. The van der Waals surface area contributed by atoms with E-state index in [0.717, 1.165) is 86.1 Å². The van der Waals surface area contributed by atoms with E-state index in [4.69, 9.17) is 24.6 Å². The van der Waals surface area contributed by atoms with Gasteiger partial charge in [-0.1, -0.05) is 25.1 Å². The quantitative estimate of drug-likeness (QED) is 0.162. The molecular weight excluding hydrogens is 778 g/mol. The summed E-state index contributed by atoms with van der Waals surface area (Å²) < 4.78 is 51.6. The van der Waals surface area contributed by atoms with Gasteiger partial charge in [0.15, 0.2) is 0 Å². The number of benzene rings is 1. The van der Waals surface area contributed by atoms with Crippen molar-refractivity contribution in [1.82, 2.24) is 29.7 Å². The molecule has 53 heavy (non-hydrogen) atoms. The third kappa shape index (κ3) is 9.93. The molecule has 0 saturated carbocycles. The van der Waals surface area contributed by atoms with Crippen molar-refractivity contribution in [2.24, 2.45) is 0 Å². The van der Waals surface area contributed by atoms with Crippen molar-refractivity contribution < 1.29 is 32.4 Å². The summed E-state index contributed by atoms with van der Waals surface area (Å²) in [5.41, 5.74) is 3.28. The second kappa shape index (κ2) is 17.0. The van der Waals surface area contributed by atoms with Crippen molar-refractivity contribution in [3.8, 4) is 5.88 Å². The number of halogens is 4. The van der Waals surface area contributed by atoms with E-state index in [0.29, 0.717) is 39.5 Å². The minimum absolute atomic E-state index is 0.375. The Kier molecular flexibility index (Phi) is 12.8. The fourth-order valence-electron chi connectivity index (χ4n) is 6.50. The summed E-state index contributed by atoms with van der Waals surface area (Å²) in [6.07, 6.45) is 1.42. The van der Waals surface area contributed by atoms with Gasteiger partial charge < -0.3 is 34.8 Å². The van der Waals surface area contributed by atoms with Crippen molar-refractivity contribution in [2.75, 3.05) is 82.3 Å². The molecule has 0 radical (unpaired) electrons. The predicted octanol–water partition coefficient (Wildman–Crippen LogP) is 6.34. The van der Waals surface area contributed by atoms with Gasteiger partial charge in [0.25, 0.3) is 0 Å². The highest BCUT2D eigenvalue weighted by Crippen LogP contribution is 2.42. The average Bonchev–Trinajstić information content (AvgIpc) is 3.12. The number of methoxy groups -OCH3 is 1. The SMILES string of the molecule is CCc1cc(Nc2ncc(Br)c(Nc3cnc4ccccc4c3P(C)(C)=O)n2)c(OC)nc1N1CCC(N2CCN(C)CC2)CC1.O=C(O)C(F)(F)F. The van der Waals surface area contributed by atoms with Crippen molar-refractivity contribution in [3.63, 3.8) is 0 Å². The molecule has 13 nitrogen and oxygen atoms in total. The molecule has 286 valence electrons. The molecule has 2 saturated heterocycles. The lowest BCUT2D eigenvalue weighted by atomic mass is 10.0. The first-order valence-electron chi connectivity index (χ1n) is 17.1. The summed E-state index contributed by atoms with van der Waals surface area (Å²) in [5.74, 6) is -0.381. The number of para-hydroxylation sites is 1. The summed E-state index contributed by atoms with van der Waals surface area (Å²) in [5, 5.41) is 15.4. The lowest BCUT2D eigenvalue weighted by Gasteiger charge is -2.42. The number of likely N-dealkylation sites (N-methyl/N-ethyl adjacent to an activating group) is 1. The zero-order valence-corrected chi connectivity index (χ0v) is 32.7. The van der Waals surface area contributed by atoms with E-state index >= 15 is 0 Å². The van der Waals surface area contributed by atoms with Crippen LogP contribution in [-0.2, 0) is 15.8 Å². The topological polar surface area (TPSA) is 149 Å². The Hall–Kier alpha value is -4.05. The number of piperazine rings is 1. The van der Waals surface area contributed by atoms with Crippen LogP contribution in [0, 0.1) is 0 Å². The molecule has 2 aliphatic rings. The lowest BCUT2D eigenvalue weighted by Crippen LogP contribution is -2.52. The largest absolute Gasteiger partial charge is 0.490 e. The molecular formula is C35H44BrF3N9O4P. The molecule has 2 fully saturated rings. The van der Waals surface area contributed by atoms with Crippen molar-refractivity contribution in [1.29, 1.82) is 0 Å². The number of aryl methyl sites for hydroxylation is 1. The second-order valence-electron chi connectivity index (χ2n) is 13.3. The number of alkyl halides is 3. The molecule has 0 aliphatic carbocycles. The van der Waals surface area contributed by atoms with Gasteiger partial charge in [-0.25, -0.2) is 9.78 Å². The molecule has 4 aromatic rings. The molecule has 2 aliphatic heterocycles. The first kappa shape index (κ1) is 40.1. The number of aliphatic carboxylic acids is 1.